The van der Waals surface area contributed by atoms with Crippen molar-refractivity contribution in [2.45, 2.75) is 6.42 Å². The summed E-state index contributed by atoms with van der Waals surface area (Å²) in [5.74, 6) is 0.840. The minimum atomic E-state index is 0.767. The summed E-state index contributed by atoms with van der Waals surface area (Å²) >= 11 is 0. The quantitative estimate of drug-likeness (QED) is 0.354. The van der Waals surface area contributed by atoms with Crippen molar-refractivity contribution in [1.29, 1.82) is 0 Å². The molecule has 0 radical (unpaired) electrons. The van der Waals surface area contributed by atoms with Crippen molar-refractivity contribution in [3.05, 3.63) is 114 Å². The summed E-state index contributed by atoms with van der Waals surface area (Å²) in [6.45, 7) is 0. The molecule has 2 nitrogen and oxygen atoms in total. The SMILES string of the molecule is c1ccc(-c2noc(-c3ccccc3)c2Cc2ccc3ccccc3c2)cc1. The molecule has 134 valence electrons. The Hall–Kier alpha value is -3.65. The minimum absolute atomic E-state index is 0.767. The zero-order valence-electron chi connectivity index (χ0n) is 15.4. The van der Waals surface area contributed by atoms with E-state index in [2.05, 4.69) is 71.9 Å². The van der Waals surface area contributed by atoms with Crippen LogP contribution in [0.15, 0.2) is 108 Å². The van der Waals surface area contributed by atoms with Crippen LogP contribution in [0.5, 0.6) is 0 Å². The largest absolute Gasteiger partial charge is 0.355 e. The van der Waals surface area contributed by atoms with Crippen LogP contribution in [0.4, 0.5) is 0 Å². The number of fused-ring (bicyclic) bond motifs is 1. The Kier molecular flexibility index (Phi) is 4.23. The first kappa shape index (κ1) is 16.5. The van der Waals surface area contributed by atoms with Gasteiger partial charge in [-0.05, 0) is 16.3 Å². The third kappa shape index (κ3) is 3.10. The van der Waals surface area contributed by atoms with Crippen molar-refractivity contribution in [3.8, 4) is 22.6 Å². The fourth-order valence-corrected chi connectivity index (χ4v) is 3.67. The van der Waals surface area contributed by atoms with Crippen LogP contribution in [0.1, 0.15) is 11.1 Å². The first-order chi connectivity index (χ1) is 13.9. The van der Waals surface area contributed by atoms with Gasteiger partial charge < -0.3 is 4.52 Å². The lowest BCUT2D eigenvalue weighted by Gasteiger charge is -2.07. The van der Waals surface area contributed by atoms with Crippen molar-refractivity contribution < 1.29 is 4.52 Å². The molecule has 0 spiro atoms. The molecule has 0 atom stereocenters. The highest BCUT2D eigenvalue weighted by molar-refractivity contribution is 5.83. The number of nitrogens with zero attached hydrogens (tertiary/aromatic N) is 1. The molecular formula is C26H19NO. The van der Waals surface area contributed by atoms with Crippen LogP contribution in [0.25, 0.3) is 33.4 Å². The van der Waals surface area contributed by atoms with Gasteiger partial charge in [-0.2, -0.15) is 0 Å². The number of aromatic nitrogens is 1. The molecule has 0 bridgehead atoms. The molecule has 1 heterocycles. The molecule has 0 N–H and O–H groups in total. The Morgan fingerprint density at radius 3 is 2.00 bits per heavy atom. The predicted octanol–water partition coefficient (Wildman–Crippen LogP) is 6.75. The summed E-state index contributed by atoms with van der Waals surface area (Å²) in [5, 5.41) is 6.95. The molecule has 0 aliphatic heterocycles. The van der Waals surface area contributed by atoms with Crippen LogP contribution < -0.4 is 0 Å². The number of rotatable bonds is 4. The highest BCUT2D eigenvalue weighted by atomic mass is 16.5. The molecule has 4 aromatic carbocycles. The summed E-state index contributed by atoms with van der Waals surface area (Å²) in [7, 11) is 0. The van der Waals surface area contributed by atoms with Gasteiger partial charge in [0.15, 0.2) is 5.76 Å². The number of benzene rings is 4. The fourth-order valence-electron chi connectivity index (χ4n) is 3.67. The van der Waals surface area contributed by atoms with Gasteiger partial charge in [0.2, 0.25) is 0 Å². The molecule has 2 heteroatoms. The maximum atomic E-state index is 5.85. The first-order valence-corrected chi connectivity index (χ1v) is 9.45. The molecule has 5 aromatic rings. The van der Waals surface area contributed by atoms with Crippen LogP contribution in [0.2, 0.25) is 0 Å². The van der Waals surface area contributed by atoms with Crippen LogP contribution in [-0.2, 0) is 6.42 Å². The van der Waals surface area contributed by atoms with Crippen molar-refractivity contribution >= 4 is 10.8 Å². The maximum Gasteiger partial charge on any atom is 0.171 e. The third-order valence-corrected chi connectivity index (χ3v) is 5.07. The van der Waals surface area contributed by atoms with Crippen molar-refractivity contribution in [2.24, 2.45) is 0 Å². The lowest BCUT2D eigenvalue weighted by atomic mass is 9.95. The van der Waals surface area contributed by atoms with Crippen molar-refractivity contribution in [3.63, 3.8) is 0 Å². The molecule has 0 unspecified atom stereocenters. The smallest absolute Gasteiger partial charge is 0.171 e. The fraction of sp³-hybridized carbons (Fsp3) is 0.0385. The topological polar surface area (TPSA) is 26.0 Å². The molecule has 1 aromatic heterocycles. The van der Waals surface area contributed by atoms with Crippen LogP contribution in [0.3, 0.4) is 0 Å². The van der Waals surface area contributed by atoms with Gasteiger partial charge in [0, 0.05) is 23.1 Å². The second kappa shape index (κ2) is 7.16. The van der Waals surface area contributed by atoms with Crippen LogP contribution >= 0.6 is 0 Å². The molecular weight excluding hydrogens is 342 g/mol. The summed E-state index contributed by atoms with van der Waals surface area (Å²) < 4.78 is 5.85. The molecule has 0 saturated carbocycles. The first-order valence-electron chi connectivity index (χ1n) is 9.45. The van der Waals surface area contributed by atoms with E-state index >= 15 is 0 Å². The second-order valence-corrected chi connectivity index (χ2v) is 6.93. The number of hydrogen-bond donors (Lipinski definition) is 0. The van der Waals surface area contributed by atoms with E-state index in [4.69, 9.17) is 4.52 Å². The summed E-state index contributed by atoms with van der Waals surface area (Å²) in [5.41, 5.74) is 5.40. The Morgan fingerprint density at radius 2 is 1.25 bits per heavy atom. The Balaban J connectivity index is 1.64. The molecule has 0 amide bonds. The van der Waals surface area contributed by atoms with Gasteiger partial charge in [-0.1, -0.05) is 108 Å². The zero-order chi connectivity index (χ0) is 18.8. The average Bonchev–Trinajstić information content (AvgIpc) is 3.18. The van der Waals surface area contributed by atoms with E-state index < -0.39 is 0 Å². The monoisotopic (exact) mass is 361 g/mol. The molecule has 0 saturated heterocycles. The van der Waals surface area contributed by atoms with Gasteiger partial charge in [-0.15, -0.1) is 0 Å². The second-order valence-electron chi connectivity index (χ2n) is 6.93. The molecule has 0 aliphatic rings. The normalized spacial score (nSPS) is 11.0. The molecule has 28 heavy (non-hydrogen) atoms. The highest BCUT2D eigenvalue weighted by Crippen LogP contribution is 2.34. The van der Waals surface area contributed by atoms with Gasteiger partial charge in [-0.3, -0.25) is 0 Å². The van der Waals surface area contributed by atoms with E-state index in [1.54, 1.807) is 0 Å². The molecule has 5 rings (SSSR count). The minimum Gasteiger partial charge on any atom is -0.355 e. The van der Waals surface area contributed by atoms with Gasteiger partial charge in [-0.25, -0.2) is 0 Å². The van der Waals surface area contributed by atoms with Gasteiger partial charge in [0.05, 0.1) is 0 Å². The van der Waals surface area contributed by atoms with Crippen molar-refractivity contribution in [2.75, 3.05) is 0 Å². The maximum absolute atomic E-state index is 5.85. The lowest BCUT2D eigenvalue weighted by Crippen LogP contribution is -1.93. The lowest BCUT2D eigenvalue weighted by molar-refractivity contribution is 0.434. The van der Waals surface area contributed by atoms with Gasteiger partial charge in [0.1, 0.15) is 5.69 Å². The molecule has 0 fully saturated rings. The zero-order valence-corrected chi connectivity index (χ0v) is 15.4. The average molecular weight is 361 g/mol. The Bertz CT molecular complexity index is 1170. The summed E-state index contributed by atoms with van der Waals surface area (Å²) in [6.07, 6.45) is 0.767. The summed E-state index contributed by atoms with van der Waals surface area (Å²) in [6, 6.07) is 35.5. The van der Waals surface area contributed by atoms with E-state index in [9.17, 15) is 0 Å². The van der Waals surface area contributed by atoms with E-state index in [1.165, 1.54) is 16.3 Å². The number of hydrogen-bond acceptors (Lipinski definition) is 2. The van der Waals surface area contributed by atoms with Gasteiger partial charge >= 0.3 is 0 Å². The van der Waals surface area contributed by atoms with Crippen molar-refractivity contribution in [1.82, 2.24) is 5.16 Å². The molecule has 0 aliphatic carbocycles. The third-order valence-electron chi connectivity index (χ3n) is 5.07. The highest BCUT2D eigenvalue weighted by Gasteiger charge is 2.19. The summed E-state index contributed by atoms with van der Waals surface area (Å²) in [4.78, 5) is 0. The van der Waals surface area contributed by atoms with Crippen LogP contribution in [0, 0.1) is 0 Å². The Labute approximate surface area is 164 Å². The van der Waals surface area contributed by atoms with E-state index in [0.717, 1.165) is 34.6 Å². The van der Waals surface area contributed by atoms with E-state index in [-0.39, 0.29) is 0 Å². The predicted molar refractivity (Wildman–Crippen MR) is 114 cm³/mol. The van der Waals surface area contributed by atoms with E-state index in [0.29, 0.717) is 0 Å². The van der Waals surface area contributed by atoms with E-state index in [1.807, 2.05) is 36.4 Å². The van der Waals surface area contributed by atoms with Gasteiger partial charge in [0.25, 0.3) is 0 Å². The standard InChI is InChI=1S/C26H19NO/c1-3-10-21(11-4-1)25-24(26(28-27-25)22-12-5-2-6-13-22)18-19-15-16-20-9-7-8-14-23(20)17-19/h1-17H,18H2. The Morgan fingerprint density at radius 1 is 0.607 bits per heavy atom. The van der Waals surface area contributed by atoms with Crippen LogP contribution in [-0.4, -0.2) is 5.16 Å².